The number of hydrogen-bond donors (Lipinski definition) is 2. The van der Waals surface area contributed by atoms with Crippen LogP contribution in [0.25, 0.3) is 28.3 Å². The number of pyridine rings is 1. The molecule has 2 N–H and O–H groups in total. The van der Waals surface area contributed by atoms with Gasteiger partial charge in [-0.05, 0) is 83.6 Å². The van der Waals surface area contributed by atoms with Crippen LogP contribution in [-0.2, 0) is 34.3 Å². The highest BCUT2D eigenvalue weighted by Gasteiger charge is 2.65. The molecule has 2 amide bonds. The van der Waals surface area contributed by atoms with E-state index in [9.17, 15) is 36.6 Å². The Bertz CT molecular complexity index is 2730. The van der Waals surface area contributed by atoms with Crippen LogP contribution in [0.2, 0.25) is 0 Å². The van der Waals surface area contributed by atoms with E-state index in [0.29, 0.717) is 29.2 Å². The molecule has 0 bridgehead atoms. The topological polar surface area (TPSA) is 174 Å². The van der Waals surface area contributed by atoms with E-state index in [2.05, 4.69) is 35.5 Å². The van der Waals surface area contributed by atoms with Crippen LogP contribution in [0.15, 0.2) is 61.6 Å². The molecule has 6 aromatic rings. The molecule has 3 fully saturated rings. The van der Waals surface area contributed by atoms with Gasteiger partial charge in [-0.25, -0.2) is 24.6 Å². The predicted molar refractivity (Wildman–Crippen MR) is 216 cm³/mol. The van der Waals surface area contributed by atoms with E-state index >= 15 is 0 Å². The number of carbonyl (C=O) groups is 2. The second-order valence-corrected chi connectivity index (χ2v) is 18.1. The Hall–Kier alpha value is -6.18. The number of alkyl halides is 5. The van der Waals surface area contributed by atoms with Gasteiger partial charge in [-0.3, -0.25) is 23.7 Å². The monoisotopic (exact) mass is 872 g/mol. The Balaban J connectivity index is 0.952. The summed E-state index contributed by atoms with van der Waals surface area (Å²) >= 11 is 0. The van der Waals surface area contributed by atoms with E-state index in [1.165, 1.54) is 37.3 Å². The molecule has 3 atom stereocenters. The number of imidazole rings is 1. The van der Waals surface area contributed by atoms with Crippen LogP contribution < -0.4 is 5.32 Å². The van der Waals surface area contributed by atoms with E-state index in [0.717, 1.165) is 58.0 Å². The number of aromatic nitrogens is 10. The van der Waals surface area contributed by atoms with E-state index in [1.807, 2.05) is 35.9 Å². The number of nitrogens with one attached hydrogen (secondary N) is 1. The van der Waals surface area contributed by atoms with Crippen LogP contribution in [0.1, 0.15) is 106 Å². The first-order chi connectivity index (χ1) is 29.7. The van der Waals surface area contributed by atoms with Crippen LogP contribution >= 0.6 is 0 Å². The van der Waals surface area contributed by atoms with Gasteiger partial charge in [0.1, 0.15) is 11.6 Å². The van der Waals surface area contributed by atoms with Crippen molar-refractivity contribution in [2.75, 3.05) is 6.54 Å². The molecule has 9 rings (SSSR count). The lowest BCUT2D eigenvalue weighted by atomic mass is 9.96. The first kappa shape index (κ1) is 42.1. The predicted octanol–water partition coefficient (Wildman–Crippen LogP) is 6.38. The summed E-state index contributed by atoms with van der Waals surface area (Å²) in [5, 5.41) is 20.8. The van der Waals surface area contributed by atoms with Gasteiger partial charge in [0.05, 0.1) is 40.8 Å². The highest BCUT2D eigenvalue weighted by Crippen LogP contribution is 2.65. The Morgan fingerprint density at radius 3 is 2.37 bits per heavy atom. The second kappa shape index (κ2) is 15.0. The molecule has 330 valence electrons. The maximum atomic E-state index is 14.6. The van der Waals surface area contributed by atoms with E-state index < -0.39 is 46.9 Å². The van der Waals surface area contributed by atoms with Crippen LogP contribution in [0.4, 0.5) is 22.0 Å². The molecular weight excluding hydrogens is 828 g/mol. The van der Waals surface area contributed by atoms with E-state index in [1.54, 1.807) is 20.0 Å². The Kier molecular flexibility index (Phi) is 10.0. The van der Waals surface area contributed by atoms with Gasteiger partial charge >= 0.3 is 12.7 Å². The highest BCUT2D eigenvalue weighted by molar-refractivity contribution is 5.94. The third-order valence-electron chi connectivity index (χ3n) is 12.2. The number of aryl methyl sites for hydroxylation is 1. The molecule has 0 radical (unpaired) electrons. The summed E-state index contributed by atoms with van der Waals surface area (Å²) < 4.78 is 72.6. The van der Waals surface area contributed by atoms with Crippen molar-refractivity contribution < 1.29 is 36.6 Å². The molecule has 15 nitrogen and oxygen atoms in total. The quantitative estimate of drug-likeness (QED) is 0.124. The third-order valence-corrected chi connectivity index (χ3v) is 12.2. The van der Waals surface area contributed by atoms with Crippen LogP contribution in [0.5, 0.6) is 0 Å². The number of aliphatic hydroxyl groups is 1. The summed E-state index contributed by atoms with van der Waals surface area (Å²) in [7, 11) is 0. The molecule has 1 saturated heterocycles. The summed E-state index contributed by atoms with van der Waals surface area (Å²) in [5.41, 5.74) is 0.0761. The highest BCUT2D eigenvalue weighted by atomic mass is 19.4. The zero-order chi connectivity index (χ0) is 44.8. The van der Waals surface area contributed by atoms with Gasteiger partial charge in [-0.2, -0.15) is 32.1 Å². The van der Waals surface area contributed by atoms with Gasteiger partial charge in [0.25, 0.3) is 0 Å². The van der Waals surface area contributed by atoms with Crippen LogP contribution in [0, 0.1) is 12.3 Å². The smallest absolute Gasteiger partial charge is 0.382 e. The SMILES string of the molecule is Cc1nc(-c2cnc3nc(C4CC4)cn3c2)ccc1[C@H]1C[C@@]12CCN([C@H](Cc1cnn(C(F)F)c1)C(=O)NC(C)(C)Cn1nc(C(F)(F)F)cc1-c1cnc(C(C)(C)O)nc1)C2=O. The third kappa shape index (κ3) is 8.15. The van der Waals surface area contributed by atoms with Crippen molar-refractivity contribution in [2.45, 2.75) is 115 Å². The molecule has 2 saturated carbocycles. The minimum atomic E-state index is -4.80. The number of amides is 2. The number of likely N-dealkylation sites (tertiary alicyclic amines) is 1. The van der Waals surface area contributed by atoms with Gasteiger partial charge in [0, 0.05) is 78.8 Å². The molecule has 63 heavy (non-hydrogen) atoms. The fourth-order valence-corrected chi connectivity index (χ4v) is 8.72. The Morgan fingerprint density at radius 1 is 0.984 bits per heavy atom. The number of fused-ring (bicyclic) bond motifs is 1. The van der Waals surface area contributed by atoms with Gasteiger partial charge < -0.3 is 15.3 Å². The fraction of sp³-hybridized carbons (Fsp3) is 0.465. The normalized spacial score (nSPS) is 19.8. The number of rotatable bonds is 13. The number of halogens is 5. The number of hydrogen-bond acceptors (Lipinski definition) is 10. The molecule has 0 unspecified atom stereocenters. The standard InChI is InChI=1S/C43H45F5N12O3/c1-23-28(8-9-30(53-23)27-18-51-39-54-31(25-6-7-25)21-57(39)20-27)29-14-42(29)10-11-58(37(42)62)33(12-24-15-52-59(19-24)38(44)45)35(61)55-40(2,3)22-60-32(13-34(56-60)43(46,47)48)26-16-49-36(50-17-26)41(4,5)63/h8-9,13,15-21,25,29,33,38,63H,6-7,10-12,14,22H2,1-5H3,(H,55,61)/t29-,33-,42+/m1/s1. The zero-order valence-electron chi connectivity index (χ0n) is 35.1. The van der Waals surface area contributed by atoms with E-state index in [4.69, 9.17) is 4.98 Å². The van der Waals surface area contributed by atoms with Crippen molar-refractivity contribution in [1.82, 2.24) is 59.1 Å². The Morgan fingerprint density at radius 2 is 1.71 bits per heavy atom. The van der Waals surface area contributed by atoms with Crippen molar-refractivity contribution in [3.05, 3.63) is 95.6 Å². The minimum absolute atomic E-state index is 0.00977. The Labute approximate surface area is 357 Å². The van der Waals surface area contributed by atoms with Crippen molar-refractivity contribution in [1.29, 1.82) is 0 Å². The van der Waals surface area contributed by atoms with Crippen molar-refractivity contribution in [3.63, 3.8) is 0 Å². The summed E-state index contributed by atoms with van der Waals surface area (Å²) in [6, 6.07) is 3.57. The van der Waals surface area contributed by atoms with Gasteiger partial charge in [-0.15, -0.1) is 0 Å². The maximum absolute atomic E-state index is 14.6. The van der Waals surface area contributed by atoms with Crippen LogP contribution in [0.3, 0.4) is 0 Å². The van der Waals surface area contributed by atoms with Crippen molar-refractivity contribution >= 4 is 17.6 Å². The average Bonchev–Trinajstić information content (AvgIpc) is 3.94. The fourth-order valence-electron chi connectivity index (χ4n) is 8.72. The molecule has 7 heterocycles. The van der Waals surface area contributed by atoms with Gasteiger partial charge in [0.15, 0.2) is 11.5 Å². The number of carbonyl (C=O) groups excluding carboxylic acids is 2. The molecule has 1 aliphatic heterocycles. The summed E-state index contributed by atoms with van der Waals surface area (Å²) in [4.78, 5) is 52.8. The van der Waals surface area contributed by atoms with E-state index in [-0.39, 0.29) is 54.0 Å². The van der Waals surface area contributed by atoms with Crippen molar-refractivity contribution in [2.24, 2.45) is 5.41 Å². The minimum Gasteiger partial charge on any atom is -0.382 e. The number of nitrogens with zero attached hydrogens (tertiary/aromatic N) is 11. The summed E-state index contributed by atoms with van der Waals surface area (Å²) in [6.45, 7) is 5.06. The van der Waals surface area contributed by atoms with Gasteiger partial charge in [-0.1, -0.05) is 6.07 Å². The lowest BCUT2D eigenvalue weighted by Gasteiger charge is -2.33. The van der Waals surface area contributed by atoms with Crippen molar-refractivity contribution in [3.8, 4) is 22.5 Å². The summed E-state index contributed by atoms with van der Waals surface area (Å²) in [5.74, 6) is 0.121. The average molecular weight is 873 g/mol. The molecule has 0 aromatic carbocycles. The lowest BCUT2D eigenvalue weighted by Crippen LogP contribution is -2.56. The zero-order valence-corrected chi connectivity index (χ0v) is 35.1. The maximum Gasteiger partial charge on any atom is 0.435 e. The molecule has 3 aliphatic rings. The van der Waals surface area contributed by atoms with Gasteiger partial charge in [0.2, 0.25) is 17.6 Å². The molecule has 2 aliphatic carbocycles. The largest absolute Gasteiger partial charge is 0.435 e. The summed E-state index contributed by atoms with van der Waals surface area (Å²) in [6.07, 6.45) is 8.90. The second-order valence-electron chi connectivity index (χ2n) is 18.1. The molecule has 1 spiro atoms. The van der Waals surface area contributed by atoms with Crippen LogP contribution in [-0.4, -0.2) is 88.8 Å². The first-order valence-corrected chi connectivity index (χ1v) is 20.7. The molecule has 20 heteroatoms. The molecular formula is C43H45F5N12O3. The first-order valence-electron chi connectivity index (χ1n) is 20.7. The molecule has 6 aromatic heterocycles. The lowest BCUT2D eigenvalue weighted by molar-refractivity contribution is -0.141.